The number of amides is 1. The first-order valence-electron chi connectivity index (χ1n) is 9.86. The van der Waals surface area contributed by atoms with E-state index >= 15 is 0 Å². The minimum absolute atomic E-state index is 0.0236. The van der Waals surface area contributed by atoms with Crippen LogP contribution in [-0.2, 0) is 4.79 Å². The van der Waals surface area contributed by atoms with Crippen LogP contribution in [-0.4, -0.2) is 35.6 Å². The highest BCUT2D eigenvalue weighted by atomic mass is 32.1. The molecule has 0 unspecified atom stereocenters. The highest BCUT2D eigenvalue weighted by molar-refractivity contribution is 7.12. The van der Waals surface area contributed by atoms with Crippen LogP contribution >= 0.6 is 11.3 Å². The fraction of sp³-hybridized carbons (Fsp3) is 0.208. The fourth-order valence-electron chi connectivity index (χ4n) is 3.50. The minimum atomic E-state index is -0.291. The first-order chi connectivity index (χ1) is 14.6. The summed E-state index contributed by atoms with van der Waals surface area (Å²) in [6.45, 7) is 1.09. The average Bonchev–Trinajstić information content (AvgIpc) is 3.34. The highest BCUT2D eigenvalue weighted by Gasteiger charge is 2.29. The summed E-state index contributed by atoms with van der Waals surface area (Å²) in [5, 5.41) is 1.88. The van der Waals surface area contributed by atoms with E-state index in [2.05, 4.69) is 0 Å². The van der Waals surface area contributed by atoms with Crippen LogP contribution in [0.15, 0.2) is 72.1 Å². The van der Waals surface area contributed by atoms with Gasteiger partial charge in [0.25, 0.3) is 5.91 Å². The van der Waals surface area contributed by atoms with E-state index < -0.39 is 0 Å². The summed E-state index contributed by atoms with van der Waals surface area (Å²) in [5.41, 5.74) is 1.16. The molecule has 152 valence electrons. The van der Waals surface area contributed by atoms with E-state index in [9.17, 15) is 14.4 Å². The number of esters is 1. The molecule has 0 spiro atoms. The molecule has 1 aliphatic heterocycles. The predicted octanol–water partition coefficient (Wildman–Crippen LogP) is 4.44. The molecular weight excluding hydrogens is 398 g/mol. The molecule has 2 heterocycles. The van der Waals surface area contributed by atoms with Gasteiger partial charge in [-0.2, -0.15) is 0 Å². The van der Waals surface area contributed by atoms with Crippen LogP contribution in [0.2, 0.25) is 0 Å². The van der Waals surface area contributed by atoms with Crippen LogP contribution in [0.4, 0.5) is 0 Å². The van der Waals surface area contributed by atoms with Crippen LogP contribution in [0.5, 0.6) is 5.75 Å². The number of benzene rings is 2. The van der Waals surface area contributed by atoms with Crippen molar-refractivity contribution in [3.05, 3.63) is 88.1 Å². The van der Waals surface area contributed by atoms with E-state index in [1.165, 1.54) is 11.3 Å². The van der Waals surface area contributed by atoms with E-state index in [1.807, 2.05) is 35.7 Å². The summed E-state index contributed by atoms with van der Waals surface area (Å²) in [7, 11) is 0. The summed E-state index contributed by atoms with van der Waals surface area (Å²) in [5.74, 6) is -0.156. The van der Waals surface area contributed by atoms with Gasteiger partial charge in [-0.15, -0.1) is 11.3 Å². The number of ether oxygens (including phenoxy) is 1. The molecule has 0 aliphatic carbocycles. The van der Waals surface area contributed by atoms with Crippen LogP contribution in [0.25, 0.3) is 0 Å². The van der Waals surface area contributed by atoms with E-state index in [1.54, 1.807) is 41.3 Å². The van der Waals surface area contributed by atoms with E-state index in [0.717, 1.165) is 4.88 Å². The summed E-state index contributed by atoms with van der Waals surface area (Å²) in [4.78, 5) is 39.9. The first kappa shape index (κ1) is 20.0. The maximum Gasteiger partial charge on any atom is 0.314 e. The van der Waals surface area contributed by atoms with Gasteiger partial charge in [0.05, 0.1) is 10.8 Å². The molecule has 0 atom stereocenters. The Kier molecular flexibility index (Phi) is 6.05. The smallest absolute Gasteiger partial charge is 0.314 e. The number of nitrogens with zero attached hydrogens (tertiary/aromatic N) is 1. The lowest BCUT2D eigenvalue weighted by Gasteiger charge is -2.30. The normalized spacial score (nSPS) is 14.3. The monoisotopic (exact) mass is 419 g/mol. The largest absolute Gasteiger partial charge is 0.426 e. The number of carbonyl (C=O) groups is 3. The van der Waals surface area contributed by atoms with Crippen molar-refractivity contribution in [1.29, 1.82) is 0 Å². The summed E-state index contributed by atoms with van der Waals surface area (Å²) in [6.07, 6.45) is 1.17. The van der Waals surface area contributed by atoms with Gasteiger partial charge in [0.2, 0.25) is 0 Å². The molecule has 1 fully saturated rings. The summed E-state index contributed by atoms with van der Waals surface area (Å²) in [6, 6.07) is 19.3. The molecule has 6 heteroatoms. The van der Waals surface area contributed by atoms with E-state index in [-0.39, 0.29) is 23.6 Å². The number of carbonyl (C=O) groups excluding carboxylic acids is 3. The Labute approximate surface area is 178 Å². The van der Waals surface area contributed by atoms with Crippen molar-refractivity contribution in [2.24, 2.45) is 5.92 Å². The second-order valence-corrected chi connectivity index (χ2v) is 8.13. The van der Waals surface area contributed by atoms with Gasteiger partial charge in [-0.25, -0.2) is 0 Å². The maximum atomic E-state index is 12.5. The predicted molar refractivity (Wildman–Crippen MR) is 115 cm³/mol. The summed E-state index contributed by atoms with van der Waals surface area (Å²) < 4.78 is 5.51. The molecule has 3 aromatic rings. The Hall–Kier alpha value is -3.25. The van der Waals surface area contributed by atoms with Crippen molar-refractivity contribution >= 4 is 29.0 Å². The number of likely N-dealkylation sites (tertiary alicyclic amines) is 1. The molecule has 1 saturated heterocycles. The Balaban J connectivity index is 1.31. The first-order valence-corrected chi connectivity index (χ1v) is 10.7. The van der Waals surface area contributed by atoms with Gasteiger partial charge in [0.1, 0.15) is 5.75 Å². The molecule has 5 nitrogen and oxygen atoms in total. The number of rotatable bonds is 5. The molecule has 1 aromatic heterocycles. The molecule has 0 saturated carbocycles. The number of ketones is 1. The molecule has 0 radical (unpaired) electrons. The molecule has 1 amide bonds. The van der Waals surface area contributed by atoms with Gasteiger partial charge in [-0.05, 0) is 48.6 Å². The van der Waals surface area contributed by atoms with Crippen molar-refractivity contribution in [2.75, 3.05) is 13.1 Å². The van der Waals surface area contributed by atoms with E-state index in [4.69, 9.17) is 4.74 Å². The van der Waals surface area contributed by atoms with Crippen molar-refractivity contribution in [3.63, 3.8) is 0 Å². The quantitative estimate of drug-likeness (QED) is 0.349. The number of piperidine rings is 1. The van der Waals surface area contributed by atoms with Crippen LogP contribution in [0, 0.1) is 5.92 Å². The summed E-state index contributed by atoms with van der Waals surface area (Å²) >= 11 is 1.43. The second kappa shape index (κ2) is 9.05. The molecule has 4 rings (SSSR count). The molecule has 2 aromatic carbocycles. The zero-order valence-electron chi connectivity index (χ0n) is 16.3. The topological polar surface area (TPSA) is 63.7 Å². The Morgan fingerprint density at radius 3 is 2.13 bits per heavy atom. The minimum Gasteiger partial charge on any atom is -0.426 e. The third-order valence-electron chi connectivity index (χ3n) is 5.22. The second-order valence-electron chi connectivity index (χ2n) is 7.18. The lowest BCUT2D eigenvalue weighted by molar-refractivity contribution is -0.140. The lowest BCUT2D eigenvalue weighted by atomic mass is 9.97. The fourth-order valence-corrected chi connectivity index (χ4v) is 4.20. The van der Waals surface area contributed by atoms with Gasteiger partial charge < -0.3 is 9.64 Å². The molecule has 0 bridgehead atoms. The number of thiophene rings is 1. The van der Waals surface area contributed by atoms with Crippen molar-refractivity contribution < 1.29 is 19.1 Å². The van der Waals surface area contributed by atoms with Crippen LogP contribution < -0.4 is 4.74 Å². The van der Waals surface area contributed by atoms with Gasteiger partial charge >= 0.3 is 5.97 Å². The van der Waals surface area contributed by atoms with Gasteiger partial charge in [-0.1, -0.05) is 36.4 Å². The van der Waals surface area contributed by atoms with Crippen molar-refractivity contribution in [1.82, 2.24) is 4.90 Å². The van der Waals surface area contributed by atoms with Gasteiger partial charge in [0.15, 0.2) is 5.78 Å². The van der Waals surface area contributed by atoms with Crippen molar-refractivity contribution in [2.45, 2.75) is 12.8 Å². The molecular formula is C24H21NO4S. The van der Waals surface area contributed by atoms with E-state index in [0.29, 0.717) is 42.8 Å². The van der Waals surface area contributed by atoms with Gasteiger partial charge in [-0.3, -0.25) is 14.4 Å². The SMILES string of the molecule is O=C(c1ccccc1)c1ccc(OC(=O)C2CCN(C(=O)c3cccs3)CC2)cc1. The zero-order chi connectivity index (χ0) is 20.9. The third kappa shape index (κ3) is 4.49. The van der Waals surface area contributed by atoms with Crippen LogP contribution in [0.3, 0.4) is 0 Å². The molecule has 1 aliphatic rings. The van der Waals surface area contributed by atoms with Crippen molar-refractivity contribution in [3.8, 4) is 5.75 Å². The van der Waals surface area contributed by atoms with Gasteiger partial charge in [0, 0.05) is 24.2 Å². The number of hydrogen-bond donors (Lipinski definition) is 0. The Morgan fingerprint density at radius 2 is 1.50 bits per heavy atom. The zero-order valence-corrected chi connectivity index (χ0v) is 17.1. The standard InChI is InChI=1S/C24H21NO4S/c26-22(17-5-2-1-3-6-17)18-8-10-20(11-9-18)29-24(28)19-12-14-25(15-13-19)23(27)21-7-4-16-30-21/h1-11,16,19H,12-15H2. The third-order valence-corrected chi connectivity index (χ3v) is 6.08. The Bertz CT molecular complexity index is 1020. The average molecular weight is 420 g/mol. The Morgan fingerprint density at radius 1 is 0.833 bits per heavy atom. The number of hydrogen-bond acceptors (Lipinski definition) is 5. The maximum absolute atomic E-state index is 12.5. The van der Waals surface area contributed by atoms with Crippen LogP contribution in [0.1, 0.15) is 38.4 Å². The lowest BCUT2D eigenvalue weighted by Crippen LogP contribution is -2.40. The molecule has 0 N–H and O–H groups in total. The molecule has 30 heavy (non-hydrogen) atoms. The highest BCUT2D eigenvalue weighted by Crippen LogP contribution is 2.23.